The van der Waals surface area contributed by atoms with Crippen molar-refractivity contribution in [1.82, 2.24) is 0 Å². The predicted octanol–water partition coefficient (Wildman–Crippen LogP) is 3.34. The second-order valence-electron chi connectivity index (χ2n) is 3.55. The summed E-state index contributed by atoms with van der Waals surface area (Å²) in [4.78, 5) is 0. The zero-order chi connectivity index (χ0) is 12.6. The van der Waals surface area contributed by atoms with E-state index in [1.165, 1.54) is 13.1 Å². The van der Waals surface area contributed by atoms with Gasteiger partial charge < -0.3 is 10.6 Å². The SMILES string of the molecule is CNc1c(F)c(F)c(F)c2c(NC)cccc12. The van der Waals surface area contributed by atoms with Gasteiger partial charge in [-0.1, -0.05) is 12.1 Å². The van der Waals surface area contributed by atoms with Crippen molar-refractivity contribution < 1.29 is 13.2 Å². The second-order valence-corrected chi connectivity index (χ2v) is 3.55. The highest BCUT2D eigenvalue weighted by atomic mass is 19.2. The largest absolute Gasteiger partial charge is 0.388 e. The zero-order valence-corrected chi connectivity index (χ0v) is 9.37. The van der Waals surface area contributed by atoms with E-state index in [2.05, 4.69) is 10.6 Å². The van der Waals surface area contributed by atoms with Gasteiger partial charge in [0.1, 0.15) is 0 Å². The summed E-state index contributed by atoms with van der Waals surface area (Å²) in [5.41, 5.74) is 0.367. The molecule has 0 aliphatic heterocycles. The van der Waals surface area contributed by atoms with Gasteiger partial charge in [0, 0.05) is 30.6 Å². The van der Waals surface area contributed by atoms with Gasteiger partial charge in [0.25, 0.3) is 0 Å². The van der Waals surface area contributed by atoms with Crippen molar-refractivity contribution in [2.24, 2.45) is 0 Å². The van der Waals surface area contributed by atoms with E-state index in [0.29, 0.717) is 11.1 Å². The van der Waals surface area contributed by atoms with Gasteiger partial charge in [0.2, 0.25) is 0 Å². The molecule has 0 aliphatic carbocycles. The summed E-state index contributed by atoms with van der Waals surface area (Å²) in [6.45, 7) is 0. The van der Waals surface area contributed by atoms with E-state index in [0.717, 1.165) is 0 Å². The van der Waals surface area contributed by atoms with Crippen molar-refractivity contribution in [2.45, 2.75) is 0 Å². The minimum absolute atomic E-state index is 0.0400. The van der Waals surface area contributed by atoms with Gasteiger partial charge in [-0.15, -0.1) is 0 Å². The summed E-state index contributed by atoms with van der Waals surface area (Å²) >= 11 is 0. The smallest absolute Gasteiger partial charge is 0.197 e. The topological polar surface area (TPSA) is 24.1 Å². The lowest BCUT2D eigenvalue weighted by atomic mass is 10.1. The van der Waals surface area contributed by atoms with Crippen LogP contribution in [0.5, 0.6) is 0 Å². The molecular formula is C12H11F3N2. The van der Waals surface area contributed by atoms with E-state index in [1.54, 1.807) is 19.2 Å². The molecule has 0 saturated heterocycles. The Balaban J connectivity index is 3.00. The van der Waals surface area contributed by atoms with E-state index in [4.69, 9.17) is 0 Å². The molecule has 2 N–H and O–H groups in total. The Morgan fingerprint density at radius 3 is 2.18 bits per heavy atom. The molecule has 0 aliphatic rings. The number of nitrogens with one attached hydrogen (secondary N) is 2. The zero-order valence-electron chi connectivity index (χ0n) is 9.37. The van der Waals surface area contributed by atoms with E-state index >= 15 is 0 Å². The summed E-state index contributed by atoms with van der Waals surface area (Å²) in [6.07, 6.45) is 0. The maximum Gasteiger partial charge on any atom is 0.197 e. The molecule has 2 aromatic carbocycles. The highest BCUT2D eigenvalue weighted by molar-refractivity contribution is 6.02. The molecule has 17 heavy (non-hydrogen) atoms. The summed E-state index contributed by atoms with van der Waals surface area (Å²) in [5.74, 6) is -3.85. The number of hydrogen-bond donors (Lipinski definition) is 2. The molecule has 0 aromatic heterocycles. The molecule has 0 bridgehead atoms. The van der Waals surface area contributed by atoms with Gasteiger partial charge in [0.05, 0.1) is 5.69 Å². The molecule has 0 heterocycles. The van der Waals surface area contributed by atoms with Crippen LogP contribution in [0, 0.1) is 17.5 Å². The quantitative estimate of drug-likeness (QED) is 0.787. The normalized spacial score (nSPS) is 10.6. The van der Waals surface area contributed by atoms with E-state index < -0.39 is 17.5 Å². The van der Waals surface area contributed by atoms with E-state index in [9.17, 15) is 13.2 Å². The first-order valence-electron chi connectivity index (χ1n) is 5.06. The third-order valence-electron chi connectivity index (χ3n) is 2.68. The molecule has 90 valence electrons. The van der Waals surface area contributed by atoms with Gasteiger partial charge in [-0.05, 0) is 6.07 Å². The van der Waals surface area contributed by atoms with Crippen LogP contribution in [0.4, 0.5) is 24.5 Å². The van der Waals surface area contributed by atoms with Crippen LogP contribution < -0.4 is 10.6 Å². The van der Waals surface area contributed by atoms with Gasteiger partial charge in [0.15, 0.2) is 17.5 Å². The molecular weight excluding hydrogens is 229 g/mol. The molecule has 0 saturated carbocycles. The lowest BCUT2D eigenvalue weighted by Crippen LogP contribution is -2.02. The Morgan fingerprint density at radius 1 is 0.882 bits per heavy atom. The van der Waals surface area contributed by atoms with Crippen molar-refractivity contribution in [2.75, 3.05) is 24.7 Å². The molecule has 0 fully saturated rings. The minimum atomic E-state index is -1.47. The van der Waals surface area contributed by atoms with Crippen LogP contribution in [0.3, 0.4) is 0 Å². The molecule has 0 atom stereocenters. The predicted molar refractivity (Wildman–Crippen MR) is 62.9 cm³/mol. The summed E-state index contributed by atoms with van der Waals surface area (Å²) < 4.78 is 40.7. The Morgan fingerprint density at radius 2 is 1.59 bits per heavy atom. The van der Waals surface area contributed by atoms with Crippen LogP contribution in [0.25, 0.3) is 10.8 Å². The van der Waals surface area contributed by atoms with E-state index in [-0.39, 0.29) is 11.1 Å². The molecule has 0 spiro atoms. The summed E-state index contributed by atoms with van der Waals surface area (Å²) in [7, 11) is 3.05. The third-order valence-corrected chi connectivity index (χ3v) is 2.68. The Kier molecular flexibility index (Phi) is 2.83. The van der Waals surface area contributed by atoms with Crippen molar-refractivity contribution in [3.05, 3.63) is 35.7 Å². The third kappa shape index (κ3) is 1.58. The highest BCUT2D eigenvalue weighted by Crippen LogP contribution is 2.35. The van der Waals surface area contributed by atoms with Crippen molar-refractivity contribution in [1.29, 1.82) is 0 Å². The van der Waals surface area contributed by atoms with Crippen LogP contribution in [-0.4, -0.2) is 14.1 Å². The molecule has 0 unspecified atom stereocenters. The van der Waals surface area contributed by atoms with Crippen LogP contribution in [0.2, 0.25) is 0 Å². The molecule has 2 rings (SSSR count). The summed E-state index contributed by atoms with van der Waals surface area (Å²) in [5, 5.41) is 5.64. The molecule has 0 amide bonds. The average molecular weight is 240 g/mol. The molecule has 0 radical (unpaired) electrons. The first-order chi connectivity index (χ1) is 8.11. The van der Waals surface area contributed by atoms with Crippen LogP contribution in [-0.2, 0) is 0 Å². The van der Waals surface area contributed by atoms with Gasteiger partial charge in [-0.2, -0.15) is 0 Å². The number of anilines is 2. The van der Waals surface area contributed by atoms with Crippen molar-refractivity contribution in [3.63, 3.8) is 0 Å². The fourth-order valence-electron chi connectivity index (χ4n) is 1.88. The fraction of sp³-hybridized carbons (Fsp3) is 0.167. The monoisotopic (exact) mass is 240 g/mol. The van der Waals surface area contributed by atoms with Gasteiger partial charge in [-0.3, -0.25) is 0 Å². The molecule has 2 aromatic rings. The fourth-order valence-corrected chi connectivity index (χ4v) is 1.88. The standard InChI is InChI=1S/C12H11F3N2/c1-16-7-5-3-4-6-8(7)9(13)10(14)11(15)12(6)17-2/h3-5,16-17H,1-2H3. The maximum atomic E-state index is 13.7. The van der Waals surface area contributed by atoms with Crippen molar-refractivity contribution in [3.8, 4) is 0 Å². The number of hydrogen-bond acceptors (Lipinski definition) is 2. The number of rotatable bonds is 2. The Bertz CT molecular complexity index is 582. The van der Waals surface area contributed by atoms with Crippen LogP contribution in [0.15, 0.2) is 18.2 Å². The van der Waals surface area contributed by atoms with Crippen LogP contribution >= 0.6 is 0 Å². The van der Waals surface area contributed by atoms with Gasteiger partial charge in [-0.25, -0.2) is 13.2 Å². The Hall–Kier alpha value is -1.91. The lowest BCUT2D eigenvalue weighted by molar-refractivity contribution is 0.455. The Labute approximate surface area is 96.4 Å². The number of fused-ring (bicyclic) bond motifs is 1. The lowest BCUT2D eigenvalue weighted by Gasteiger charge is -2.12. The minimum Gasteiger partial charge on any atom is -0.388 e. The average Bonchev–Trinajstić information content (AvgIpc) is 2.36. The second kappa shape index (κ2) is 4.16. The van der Waals surface area contributed by atoms with Crippen molar-refractivity contribution >= 4 is 22.1 Å². The first-order valence-corrected chi connectivity index (χ1v) is 5.06. The van der Waals surface area contributed by atoms with Gasteiger partial charge >= 0.3 is 0 Å². The number of benzene rings is 2. The van der Waals surface area contributed by atoms with Crippen LogP contribution in [0.1, 0.15) is 0 Å². The highest BCUT2D eigenvalue weighted by Gasteiger charge is 2.20. The molecule has 5 heteroatoms. The summed E-state index contributed by atoms with van der Waals surface area (Å²) in [6, 6.07) is 4.78. The molecule has 2 nitrogen and oxygen atoms in total. The first kappa shape index (κ1) is 11.6. The number of halogens is 3. The van der Waals surface area contributed by atoms with E-state index in [1.807, 2.05) is 0 Å². The maximum absolute atomic E-state index is 13.7.